The van der Waals surface area contributed by atoms with Gasteiger partial charge in [0.25, 0.3) is 0 Å². The molecular formula is C14H16ClN3. The van der Waals surface area contributed by atoms with E-state index in [-0.39, 0.29) is 0 Å². The topological polar surface area (TPSA) is 29.9 Å². The summed E-state index contributed by atoms with van der Waals surface area (Å²) in [6.07, 6.45) is 4.47. The SMILES string of the molecule is Clc1cccc(Cn2nccc2CNC2CC2)c1. The molecule has 3 nitrogen and oxygen atoms in total. The van der Waals surface area contributed by atoms with Gasteiger partial charge >= 0.3 is 0 Å². The molecule has 1 aromatic carbocycles. The van der Waals surface area contributed by atoms with Crippen LogP contribution in [-0.2, 0) is 13.1 Å². The predicted molar refractivity (Wildman–Crippen MR) is 72.6 cm³/mol. The monoisotopic (exact) mass is 261 g/mol. The molecule has 0 saturated heterocycles. The number of rotatable bonds is 5. The van der Waals surface area contributed by atoms with Crippen molar-refractivity contribution in [3.63, 3.8) is 0 Å². The molecule has 0 aliphatic heterocycles. The van der Waals surface area contributed by atoms with Gasteiger partial charge in [-0.3, -0.25) is 4.68 Å². The molecule has 0 spiro atoms. The van der Waals surface area contributed by atoms with Crippen molar-refractivity contribution in [2.24, 2.45) is 0 Å². The van der Waals surface area contributed by atoms with E-state index in [0.29, 0.717) is 0 Å². The Kier molecular flexibility index (Phi) is 3.35. The van der Waals surface area contributed by atoms with E-state index in [1.165, 1.54) is 24.1 Å². The molecule has 1 aliphatic carbocycles. The average Bonchev–Trinajstić information content (AvgIpc) is 3.08. The number of nitrogens with one attached hydrogen (secondary N) is 1. The number of benzene rings is 1. The number of hydrogen-bond acceptors (Lipinski definition) is 2. The van der Waals surface area contributed by atoms with E-state index in [1.54, 1.807) is 0 Å². The second-order valence-corrected chi connectivity index (χ2v) is 5.20. The fourth-order valence-electron chi connectivity index (χ4n) is 2.00. The number of aromatic nitrogens is 2. The van der Waals surface area contributed by atoms with Crippen LogP contribution in [0.4, 0.5) is 0 Å². The van der Waals surface area contributed by atoms with E-state index in [0.717, 1.165) is 24.2 Å². The highest BCUT2D eigenvalue weighted by atomic mass is 35.5. The van der Waals surface area contributed by atoms with E-state index < -0.39 is 0 Å². The van der Waals surface area contributed by atoms with Gasteiger partial charge in [0.15, 0.2) is 0 Å². The molecule has 0 unspecified atom stereocenters. The Bertz CT molecular complexity index is 531. The van der Waals surface area contributed by atoms with Gasteiger partial charge in [-0.05, 0) is 36.6 Å². The zero-order valence-corrected chi connectivity index (χ0v) is 10.9. The van der Waals surface area contributed by atoms with E-state index in [2.05, 4.69) is 22.5 Å². The van der Waals surface area contributed by atoms with Gasteiger partial charge < -0.3 is 5.32 Å². The average molecular weight is 262 g/mol. The maximum Gasteiger partial charge on any atom is 0.0663 e. The van der Waals surface area contributed by atoms with E-state index in [9.17, 15) is 0 Å². The van der Waals surface area contributed by atoms with Gasteiger partial charge in [0.05, 0.1) is 12.2 Å². The first kappa shape index (κ1) is 11.8. The van der Waals surface area contributed by atoms with Gasteiger partial charge in [-0.25, -0.2) is 0 Å². The Morgan fingerprint density at radius 2 is 2.22 bits per heavy atom. The lowest BCUT2D eigenvalue weighted by molar-refractivity contribution is 0.593. The molecule has 2 aromatic rings. The van der Waals surface area contributed by atoms with Crippen LogP contribution in [0.1, 0.15) is 24.1 Å². The summed E-state index contributed by atoms with van der Waals surface area (Å²) in [5.41, 5.74) is 2.40. The van der Waals surface area contributed by atoms with E-state index >= 15 is 0 Å². The Morgan fingerprint density at radius 3 is 3.00 bits per heavy atom. The third kappa shape index (κ3) is 2.92. The predicted octanol–water partition coefficient (Wildman–Crippen LogP) is 2.84. The van der Waals surface area contributed by atoms with Gasteiger partial charge in [0.2, 0.25) is 0 Å². The van der Waals surface area contributed by atoms with Crippen LogP contribution in [-0.4, -0.2) is 15.8 Å². The molecule has 1 fully saturated rings. The van der Waals surface area contributed by atoms with E-state index in [4.69, 9.17) is 11.6 Å². The van der Waals surface area contributed by atoms with Gasteiger partial charge in [-0.1, -0.05) is 23.7 Å². The molecule has 18 heavy (non-hydrogen) atoms. The van der Waals surface area contributed by atoms with Gasteiger partial charge in [-0.2, -0.15) is 5.10 Å². The van der Waals surface area contributed by atoms with Crippen LogP contribution in [0, 0.1) is 0 Å². The third-order valence-electron chi connectivity index (χ3n) is 3.18. The van der Waals surface area contributed by atoms with Gasteiger partial charge in [0.1, 0.15) is 0 Å². The smallest absolute Gasteiger partial charge is 0.0663 e. The summed E-state index contributed by atoms with van der Waals surface area (Å²) < 4.78 is 2.03. The molecule has 0 bridgehead atoms. The van der Waals surface area contributed by atoms with E-state index in [1.807, 2.05) is 29.1 Å². The van der Waals surface area contributed by atoms with Crippen LogP contribution in [0.2, 0.25) is 5.02 Å². The highest BCUT2D eigenvalue weighted by molar-refractivity contribution is 6.30. The number of halogens is 1. The van der Waals surface area contributed by atoms with Crippen LogP contribution < -0.4 is 5.32 Å². The number of nitrogens with zero attached hydrogens (tertiary/aromatic N) is 2. The highest BCUT2D eigenvalue weighted by Crippen LogP contribution is 2.19. The van der Waals surface area contributed by atoms with Gasteiger partial charge in [0, 0.05) is 23.8 Å². The lowest BCUT2D eigenvalue weighted by Gasteiger charge is -2.08. The first-order valence-electron chi connectivity index (χ1n) is 6.30. The second-order valence-electron chi connectivity index (χ2n) is 4.77. The molecular weight excluding hydrogens is 246 g/mol. The van der Waals surface area contributed by atoms with Crippen molar-refractivity contribution in [3.05, 3.63) is 52.8 Å². The minimum atomic E-state index is 0.722. The summed E-state index contributed by atoms with van der Waals surface area (Å²) in [7, 11) is 0. The largest absolute Gasteiger partial charge is 0.308 e. The standard InChI is InChI=1S/C14H16ClN3/c15-12-3-1-2-11(8-12)10-18-14(6-7-17-18)9-16-13-4-5-13/h1-3,6-8,13,16H,4-5,9-10H2. The molecule has 1 aromatic heterocycles. The Hall–Kier alpha value is -1.32. The molecule has 0 radical (unpaired) electrons. The third-order valence-corrected chi connectivity index (χ3v) is 3.41. The van der Waals surface area contributed by atoms with Crippen LogP contribution in [0.25, 0.3) is 0 Å². The fourth-order valence-corrected chi connectivity index (χ4v) is 2.21. The molecule has 1 heterocycles. The molecule has 1 N–H and O–H groups in total. The summed E-state index contributed by atoms with van der Waals surface area (Å²) in [5.74, 6) is 0. The molecule has 0 atom stereocenters. The number of hydrogen-bond donors (Lipinski definition) is 1. The minimum Gasteiger partial charge on any atom is -0.308 e. The van der Waals surface area contributed by atoms with Crippen molar-refractivity contribution in [2.75, 3.05) is 0 Å². The van der Waals surface area contributed by atoms with Crippen LogP contribution in [0.3, 0.4) is 0 Å². The molecule has 4 heteroatoms. The molecule has 0 amide bonds. The summed E-state index contributed by atoms with van der Waals surface area (Å²) in [4.78, 5) is 0. The lowest BCUT2D eigenvalue weighted by Crippen LogP contribution is -2.18. The van der Waals surface area contributed by atoms with Crippen molar-refractivity contribution < 1.29 is 0 Å². The molecule has 1 saturated carbocycles. The summed E-state index contributed by atoms with van der Waals surface area (Å²) in [6, 6.07) is 10.7. The first-order valence-corrected chi connectivity index (χ1v) is 6.67. The van der Waals surface area contributed by atoms with Crippen molar-refractivity contribution in [2.45, 2.75) is 32.0 Å². The highest BCUT2D eigenvalue weighted by Gasteiger charge is 2.20. The van der Waals surface area contributed by atoms with Crippen LogP contribution in [0.15, 0.2) is 36.5 Å². The van der Waals surface area contributed by atoms with Crippen molar-refractivity contribution in [1.29, 1.82) is 0 Å². The zero-order valence-electron chi connectivity index (χ0n) is 10.1. The molecule has 1 aliphatic rings. The van der Waals surface area contributed by atoms with Crippen molar-refractivity contribution >= 4 is 11.6 Å². The second kappa shape index (κ2) is 5.12. The summed E-state index contributed by atoms with van der Waals surface area (Å²) in [5, 5.41) is 8.66. The van der Waals surface area contributed by atoms with Crippen molar-refractivity contribution in [3.8, 4) is 0 Å². The Balaban J connectivity index is 1.69. The first-order chi connectivity index (χ1) is 8.81. The van der Waals surface area contributed by atoms with Gasteiger partial charge in [-0.15, -0.1) is 0 Å². The maximum absolute atomic E-state index is 5.99. The maximum atomic E-state index is 5.99. The minimum absolute atomic E-state index is 0.722. The molecule has 3 rings (SSSR count). The summed E-state index contributed by atoms with van der Waals surface area (Å²) >= 11 is 5.99. The van der Waals surface area contributed by atoms with Crippen LogP contribution in [0.5, 0.6) is 0 Å². The Labute approximate surface area is 112 Å². The quantitative estimate of drug-likeness (QED) is 0.897. The summed E-state index contributed by atoms with van der Waals surface area (Å²) in [6.45, 7) is 1.67. The zero-order chi connectivity index (χ0) is 12.4. The van der Waals surface area contributed by atoms with Crippen molar-refractivity contribution in [1.82, 2.24) is 15.1 Å². The van der Waals surface area contributed by atoms with Crippen LogP contribution >= 0.6 is 11.6 Å². The molecule has 94 valence electrons. The normalized spacial score (nSPS) is 14.9. The fraction of sp³-hybridized carbons (Fsp3) is 0.357. The lowest BCUT2D eigenvalue weighted by atomic mass is 10.2. The Morgan fingerprint density at radius 1 is 1.33 bits per heavy atom.